The summed E-state index contributed by atoms with van der Waals surface area (Å²) >= 11 is 0. The van der Waals surface area contributed by atoms with Crippen molar-refractivity contribution in [2.24, 2.45) is 0 Å². The van der Waals surface area contributed by atoms with E-state index in [0.717, 1.165) is 0 Å². The SMILES string of the molecule is CN(CCOc1ccccc1F)C(=O)c1cccc(S(=O)(=O)Nc2ccc3c(c2)OCO3)c1. The molecule has 1 amide bonds. The summed E-state index contributed by atoms with van der Waals surface area (Å²) in [5.74, 6) is 0.193. The first-order chi connectivity index (χ1) is 15.8. The van der Waals surface area contributed by atoms with Crippen LogP contribution in [0, 0.1) is 5.82 Å². The van der Waals surface area contributed by atoms with Gasteiger partial charge in [0.2, 0.25) is 6.79 Å². The molecule has 1 N–H and O–H groups in total. The number of carbonyl (C=O) groups excluding carboxylic acids is 1. The predicted octanol–water partition coefficient (Wildman–Crippen LogP) is 3.51. The molecule has 0 saturated heterocycles. The summed E-state index contributed by atoms with van der Waals surface area (Å²) in [6.07, 6.45) is 0. The number of benzene rings is 3. The van der Waals surface area contributed by atoms with Gasteiger partial charge in [-0.1, -0.05) is 18.2 Å². The third-order valence-electron chi connectivity index (χ3n) is 4.88. The number of amides is 1. The Morgan fingerprint density at radius 1 is 1.06 bits per heavy atom. The molecule has 0 bridgehead atoms. The maximum atomic E-state index is 13.6. The number of hydrogen-bond acceptors (Lipinski definition) is 6. The number of sulfonamides is 1. The second-order valence-corrected chi connectivity index (χ2v) is 8.89. The quantitative estimate of drug-likeness (QED) is 0.539. The van der Waals surface area contributed by atoms with Crippen LogP contribution in [-0.4, -0.2) is 46.2 Å². The van der Waals surface area contributed by atoms with E-state index in [1.165, 1.54) is 47.4 Å². The lowest BCUT2D eigenvalue weighted by Gasteiger charge is -2.18. The average Bonchev–Trinajstić information content (AvgIpc) is 3.27. The fourth-order valence-electron chi connectivity index (χ4n) is 3.15. The number of anilines is 1. The monoisotopic (exact) mass is 472 g/mol. The van der Waals surface area contributed by atoms with Crippen molar-refractivity contribution in [2.75, 3.05) is 31.7 Å². The van der Waals surface area contributed by atoms with Gasteiger partial charge in [-0.15, -0.1) is 0 Å². The summed E-state index contributed by atoms with van der Waals surface area (Å²) in [7, 11) is -2.40. The van der Waals surface area contributed by atoms with Gasteiger partial charge < -0.3 is 19.1 Å². The first kappa shape index (κ1) is 22.4. The van der Waals surface area contributed by atoms with Gasteiger partial charge >= 0.3 is 0 Å². The van der Waals surface area contributed by atoms with E-state index >= 15 is 0 Å². The lowest BCUT2D eigenvalue weighted by molar-refractivity contribution is 0.0772. The molecule has 8 nitrogen and oxygen atoms in total. The van der Waals surface area contributed by atoms with E-state index in [1.807, 2.05) is 0 Å². The van der Waals surface area contributed by atoms with Gasteiger partial charge in [0.25, 0.3) is 15.9 Å². The Bertz CT molecular complexity index is 1280. The molecule has 0 atom stereocenters. The normalized spacial score (nSPS) is 12.3. The third-order valence-corrected chi connectivity index (χ3v) is 6.26. The lowest BCUT2D eigenvalue weighted by Crippen LogP contribution is -2.31. The molecule has 0 aliphatic carbocycles. The first-order valence-electron chi connectivity index (χ1n) is 9.99. The maximum absolute atomic E-state index is 13.6. The minimum absolute atomic E-state index is 0.0676. The maximum Gasteiger partial charge on any atom is 0.261 e. The molecule has 0 saturated carbocycles. The highest BCUT2D eigenvalue weighted by Gasteiger charge is 2.20. The van der Waals surface area contributed by atoms with Crippen LogP contribution in [0.5, 0.6) is 17.2 Å². The number of halogens is 1. The van der Waals surface area contributed by atoms with Crippen LogP contribution in [0.3, 0.4) is 0 Å². The van der Waals surface area contributed by atoms with Crippen molar-refractivity contribution in [1.29, 1.82) is 0 Å². The molecule has 10 heteroatoms. The number of nitrogens with one attached hydrogen (secondary N) is 1. The van der Waals surface area contributed by atoms with Crippen molar-refractivity contribution in [3.8, 4) is 17.2 Å². The molecule has 1 heterocycles. The largest absolute Gasteiger partial charge is 0.489 e. The van der Waals surface area contributed by atoms with Gasteiger partial charge in [-0.25, -0.2) is 12.8 Å². The molecule has 1 aliphatic heterocycles. The second kappa shape index (κ2) is 9.37. The van der Waals surface area contributed by atoms with Crippen LogP contribution < -0.4 is 18.9 Å². The molecule has 3 aromatic rings. The second-order valence-electron chi connectivity index (χ2n) is 7.21. The number of nitrogens with zero attached hydrogens (tertiary/aromatic N) is 1. The number of carbonyl (C=O) groups is 1. The average molecular weight is 472 g/mol. The number of fused-ring (bicyclic) bond motifs is 1. The van der Waals surface area contributed by atoms with Crippen molar-refractivity contribution >= 4 is 21.6 Å². The van der Waals surface area contributed by atoms with E-state index in [-0.39, 0.29) is 36.2 Å². The van der Waals surface area contributed by atoms with Crippen LogP contribution >= 0.6 is 0 Å². The van der Waals surface area contributed by atoms with Gasteiger partial charge in [0.15, 0.2) is 23.1 Å². The first-order valence-corrected chi connectivity index (χ1v) is 11.5. The molecule has 1 aliphatic rings. The minimum Gasteiger partial charge on any atom is -0.489 e. The summed E-state index contributed by atoms with van der Waals surface area (Å²) in [5, 5.41) is 0. The Kier molecular flexibility index (Phi) is 6.36. The molecule has 33 heavy (non-hydrogen) atoms. The highest BCUT2D eigenvalue weighted by atomic mass is 32.2. The molecule has 3 aromatic carbocycles. The molecule has 0 spiro atoms. The summed E-state index contributed by atoms with van der Waals surface area (Å²) in [5.41, 5.74) is 0.496. The highest BCUT2D eigenvalue weighted by molar-refractivity contribution is 7.92. The Labute approximate surface area is 190 Å². The van der Waals surface area contributed by atoms with Crippen molar-refractivity contribution in [2.45, 2.75) is 4.90 Å². The minimum atomic E-state index is -3.95. The Morgan fingerprint density at radius 3 is 2.67 bits per heavy atom. The zero-order valence-electron chi connectivity index (χ0n) is 17.7. The van der Waals surface area contributed by atoms with Gasteiger partial charge in [-0.3, -0.25) is 9.52 Å². The van der Waals surface area contributed by atoms with E-state index in [1.54, 1.807) is 31.3 Å². The smallest absolute Gasteiger partial charge is 0.261 e. The van der Waals surface area contributed by atoms with E-state index in [4.69, 9.17) is 14.2 Å². The third kappa shape index (κ3) is 5.17. The van der Waals surface area contributed by atoms with E-state index in [0.29, 0.717) is 17.2 Å². The summed E-state index contributed by atoms with van der Waals surface area (Å²) in [4.78, 5) is 14.1. The number of likely N-dealkylation sites (N-methyl/N-ethyl adjacent to an activating group) is 1. The Morgan fingerprint density at radius 2 is 1.85 bits per heavy atom. The Hall–Kier alpha value is -3.79. The number of hydrogen-bond donors (Lipinski definition) is 1. The van der Waals surface area contributed by atoms with Gasteiger partial charge in [-0.2, -0.15) is 0 Å². The fourth-order valence-corrected chi connectivity index (χ4v) is 4.24. The van der Waals surface area contributed by atoms with E-state index < -0.39 is 21.7 Å². The van der Waals surface area contributed by atoms with Crippen LogP contribution in [-0.2, 0) is 10.0 Å². The molecular weight excluding hydrogens is 451 g/mol. The van der Waals surface area contributed by atoms with Gasteiger partial charge in [0.05, 0.1) is 17.1 Å². The van der Waals surface area contributed by atoms with Crippen LogP contribution in [0.15, 0.2) is 71.6 Å². The lowest BCUT2D eigenvalue weighted by atomic mass is 10.2. The molecule has 0 unspecified atom stereocenters. The molecule has 4 rings (SSSR count). The summed E-state index contributed by atoms with van der Waals surface area (Å²) in [6.45, 7) is 0.334. The van der Waals surface area contributed by atoms with Gasteiger partial charge in [0.1, 0.15) is 6.61 Å². The van der Waals surface area contributed by atoms with Crippen molar-refractivity contribution in [3.63, 3.8) is 0 Å². The number of rotatable bonds is 8. The molecule has 0 radical (unpaired) electrons. The van der Waals surface area contributed by atoms with Gasteiger partial charge in [-0.05, 0) is 42.5 Å². The fraction of sp³-hybridized carbons (Fsp3) is 0.174. The Balaban J connectivity index is 1.41. The zero-order chi connectivity index (χ0) is 23.4. The molecule has 172 valence electrons. The summed E-state index contributed by atoms with van der Waals surface area (Å²) in [6, 6.07) is 16.4. The zero-order valence-corrected chi connectivity index (χ0v) is 18.5. The van der Waals surface area contributed by atoms with Gasteiger partial charge in [0, 0.05) is 18.7 Å². The standard InChI is InChI=1S/C23H21FN2O6S/c1-26(11-12-30-20-8-3-2-7-19(20)24)23(27)16-5-4-6-18(13-16)33(28,29)25-17-9-10-21-22(14-17)32-15-31-21/h2-10,13-14,25H,11-12,15H2,1H3. The van der Waals surface area contributed by atoms with Crippen molar-refractivity contribution in [3.05, 3.63) is 78.1 Å². The summed E-state index contributed by atoms with van der Waals surface area (Å²) < 4.78 is 57.7. The van der Waals surface area contributed by atoms with Crippen molar-refractivity contribution in [1.82, 2.24) is 4.90 Å². The number of para-hydroxylation sites is 1. The van der Waals surface area contributed by atoms with Crippen LogP contribution in [0.2, 0.25) is 0 Å². The van der Waals surface area contributed by atoms with E-state index in [9.17, 15) is 17.6 Å². The molecule has 0 fully saturated rings. The molecule has 0 aromatic heterocycles. The van der Waals surface area contributed by atoms with Crippen LogP contribution in [0.25, 0.3) is 0 Å². The molecular formula is C23H21FN2O6S. The van der Waals surface area contributed by atoms with Crippen LogP contribution in [0.4, 0.5) is 10.1 Å². The number of ether oxygens (including phenoxy) is 3. The predicted molar refractivity (Wildman–Crippen MR) is 119 cm³/mol. The highest BCUT2D eigenvalue weighted by Crippen LogP contribution is 2.34. The van der Waals surface area contributed by atoms with Crippen LogP contribution in [0.1, 0.15) is 10.4 Å². The van der Waals surface area contributed by atoms with Crippen molar-refractivity contribution < 1.29 is 31.8 Å². The topological polar surface area (TPSA) is 94.2 Å². The van der Waals surface area contributed by atoms with E-state index in [2.05, 4.69) is 4.72 Å².